The first-order chi connectivity index (χ1) is 9.15. The van der Waals surface area contributed by atoms with Crippen LogP contribution in [0.5, 0.6) is 0 Å². The third-order valence-corrected chi connectivity index (χ3v) is 2.20. The molecule has 0 aliphatic rings. The van der Waals surface area contributed by atoms with Crippen molar-refractivity contribution >= 4 is 17.4 Å². The molecule has 19 heavy (non-hydrogen) atoms. The van der Waals surface area contributed by atoms with Crippen molar-refractivity contribution in [2.45, 2.75) is 6.54 Å². The van der Waals surface area contributed by atoms with E-state index < -0.39 is 11.0 Å². The van der Waals surface area contributed by atoms with Gasteiger partial charge < -0.3 is 10.6 Å². The minimum Gasteiger partial charge on any atom is -0.331 e. The number of nitro groups is 1. The smallest absolute Gasteiger partial charge is 0.319 e. The molecule has 3 N–H and O–H groups in total. The van der Waals surface area contributed by atoms with Crippen LogP contribution in [-0.2, 0) is 6.54 Å². The van der Waals surface area contributed by atoms with Crippen molar-refractivity contribution in [3.63, 3.8) is 0 Å². The average molecular weight is 262 g/mol. The van der Waals surface area contributed by atoms with Crippen LogP contribution in [0.3, 0.4) is 0 Å². The first kappa shape index (κ1) is 12.5. The zero-order valence-electron chi connectivity index (χ0n) is 9.66. The molecule has 0 saturated heterocycles. The molecule has 0 radical (unpaired) electrons. The highest BCUT2D eigenvalue weighted by atomic mass is 16.6. The maximum absolute atomic E-state index is 11.5. The van der Waals surface area contributed by atoms with E-state index >= 15 is 0 Å². The van der Waals surface area contributed by atoms with Gasteiger partial charge in [-0.15, -0.1) is 0 Å². The van der Waals surface area contributed by atoms with Gasteiger partial charge >= 0.3 is 6.03 Å². The maximum atomic E-state index is 11.5. The van der Waals surface area contributed by atoms with Gasteiger partial charge in [0.2, 0.25) is 0 Å². The summed E-state index contributed by atoms with van der Waals surface area (Å²) in [6.45, 7) is 0.181. The maximum Gasteiger partial charge on any atom is 0.319 e. The summed E-state index contributed by atoms with van der Waals surface area (Å²) < 4.78 is 0. The number of hydrogen-bond donors (Lipinski definition) is 3. The van der Waals surface area contributed by atoms with Crippen molar-refractivity contribution < 1.29 is 9.72 Å². The number of aromatic nitrogens is 3. The standard InChI is InChI=1S/C10H10N6O3/c17-10(11-5-9-12-6-13-15-9)14-7-2-1-3-8(4-7)16(18)19/h1-4,6H,5H2,(H2,11,14,17)(H,12,13,15). The molecule has 1 heterocycles. The summed E-state index contributed by atoms with van der Waals surface area (Å²) in [5.41, 5.74) is 0.248. The number of non-ortho nitro benzene ring substituents is 1. The van der Waals surface area contributed by atoms with Gasteiger partial charge in [0.1, 0.15) is 12.2 Å². The molecule has 2 amide bonds. The number of anilines is 1. The van der Waals surface area contributed by atoms with E-state index in [-0.39, 0.29) is 12.2 Å². The molecule has 1 aromatic heterocycles. The van der Waals surface area contributed by atoms with E-state index in [4.69, 9.17) is 0 Å². The number of hydrogen-bond acceptors (Lipinski definition) is 5. The van der Waals surface area contributed by atoms with Gasteiger partial charge in [0.25, 0.3) is 5.69 Å². The molecule has 1 aromatic carbocycles. The number of nitro benzene ring substituents is 1. The van der Waals surface area contributed by atoms with E-state index in [1.807, 2.05) is 0 Å². The lowest BCUT2D eigenvalue weighted by molar-refractivity contribution is -0.384. The van der Waals surface area contributed by atoms with E-state index in [0.717, 1.165) is 0 Å². The number of benzene rings is 1. The lowest BCUT2D eigenvalue weighted by atomic mass is 10.3. The Labute approximate surface area is 107 Å². The summed E-state index contributed by atoms with van der Waals surface area (Å²) in [5.74, 6) is 0.509. The molecule has 98 valence electrons. The van der Waals surface area contributed by atoms with Gasteiger partial charge in [0.15, 0.2) is 0 Å². The molecular formula is C10H10N6O3. The summed E-state index contributed by atoms with van der Waals surface area (Å²) in [7, 11) is 0. The van der Waals surface area contributed by atoms with Gasteiger partial charge in [-0.2, -0.15) is 5.10 Å². The van der Waals surface area contributed by atoms with Gasteiger partial charge in [0.05, 0.1) is 11.5 Å². The van der Waals surface area contributed by atoms with Crippen LogP contribution in [0, 0.1) is 10.1 Å². The van der Waals surface area contributed by atoms with Crippen molar-refractivity contribution in [1.82, 2.24) is 20.5 Å². The fourth-order valence-corrected chi connectivity index (χ4v) is 1.35. The number of urea groups is 1. The van der Waals surface area contributed by atoms with Crippen molar-refractivity contribution in [2.24, 2.45) is 0 Å². The largest absolute Gasteiger partial charge is 0.331 e. The Hall–Kier alpha value is -2.97. The summed E-state index contributed by atoms with van der Waals surface area (Å²) in [6.07, 6.45) is 1.33. The molecule has 0 aliphatic heterocycles. The van der Waals surface area contributed by atoms with Gasteiger partial charge in [-0.05, 0) is 6.07 Å². The van der Waals surface area contributed by atoms with E-state index in [1.165, 1.54) is 24.5 Å². The fraction of sp³-hybridized carbons (Fsp3) is 0.100. The second-order valence-electron chi connectivity index (χ2n) is 3.55. The first-order valence-corrected chi connectivity index (χ1v) is 5.28. The second kappa shape index (κ2) is 5.58. The number of amides is 2. The Morgan fingerprint density at radius 2 is 2.32 bits per heavy atom. The number of nitrogens with one attached hydrogen (secondary N) is 3. The third-order valence-electron chi connectivity index (χ3n) is 2.20. The van der Waals surface area contributed by atoms with Crippen LogP contribution < -0.4 is 10.6 Å². The van der Waals surface area contributed by atoms with Crippen molar-refractivity contribution in [3.05, 3.63) is 46.5 Å². The van der Waals surface area contributed by atoms with Crippen molar-refractivity contribution in [1.29, 1.82) is 0 Å². The van der Waals surface area contributed by atoms with Crippen LogP contribution in [0.2, 0.25) is 0 Å². The minimum atomic E-state index is -0.530. The summed E-state index contributed by atoms with van der Waals surface area (Å²) in [4.78, 5) is 25.4. The van der Waals surface area contributed by atoms with E-state index in [9.17, 15) is 14.9 Å². The van der Waals surface area contributed by atoms with Gasteiger partial charge in [-0.3, -0.25) is 15.2 Å². The SMILES string of the molecule is O=C(NCc1ncn[nH]1)Nc1cccc([N+](=O)[O-])c1. The number of aromatic amines is 1. The van der Waals surface area contributed by atoms with Gasteiger partial charge in [-0.1, -0.05) is 6.07 Å². The summed E-state index contributed by atoms with van der Waals surface area (Å²) >= 11 is 0. The minimum absolute atomic E-state index is 0.0898. The van der Waals surface area contributed by atoms with Crippen LogP contribution in [0.1, 0.15) is 5.82 Å². The molecule has 0 fully saturated rings. The fourth-order valence-electron chi connectivity index (χ4n) is 1.35. The predicted octanol–water partition coefficient (Wildman–Crippen LogP) is 1.03. The zero-order chi connectivity index (χ0) is 13.7. The summed E-state index contributed by atoms with van der Waals surface area (Å²) in [6, 6.07) is 5.17. The molecule has 0 saturated carbocycles. The summed E-state index contributed by atoms with van der Waals surface area (Å²) in [5, 5.41) is 21.8. The highest BCUT2D eigenvalue weighted by molar-refractivity contribution is 5.89. The van der Waals surface area contributed by atoms with Crippen LogP contribution in [0.4, 0.5) is 16.2 Å². The first-order valence-electron chi connectivity index (χ1n) is 5.28. The molecule has 0 unspecified atom stereocenters. The van der Waals surface area contributed by atoms with Gasteiger partial charge in [0, 0.05) is 17.8 Å². The van der Waals surface area contributed by atoms with Crippen LogP contribution >= 0.6 is 0 Å². The number of carbonyl (C=O) groups is 1. The second-order valence-corrected chi connectivity index (χ2v) is 3.55. The molecule has 9 nitrogen and oxygen atoms in total. The molecule has 0 spiro atoms. The molecule has 0 atom stereocenters. The lowest BCUT2D eigenvalue weighted by Gasteiger charge is -2.05. The Morgan fingerprint density at radius 3 is 3.00 bits per heavy atom. The van der Waals surface area contributed by atoms with Crippen molar-refractivity contribution in [3.8, 4) is 0 Å². The topological polar surface area (TPSA) is 126 Å². The molecule has 0 aliphatic carbocycles. The number of H-pyrrole nitrogens is 1. The number of nitrogens with zero attached hydrogens (tertiary/aromatic N) is 3. The monoisotopic (exact) mass is 262 g/mol. The van der Waals surface area contributed by atoms with E-state index in [0.29, 0.717) is 11.5 Å². The molecule has 2 aromatic rings. The van der Waals surface area contributed by atoms with Crippen molar-refractivity contribution in [2.75, 3.05) is 5.32 Å². The molecule has 2 rings (SSSR count). The van der Waals surface area contributed by atoms with Crippen LogP contribution in [0.25, 0.3) is 0 Å². The number of carbonyl (C=O) groups excluding carboxylic acids is 1. The molecule has 9 heteroatoms. The lowest BCUT2D eigenvalue weighted by Crippen LogP contribution is -2.28. The van der Waals surface area contributed by atoms with Gasteiger partial charge in [-0.25, -0.2) is 9.78 Å². The molecular weight excluding hydrogens is 252 g/mol. The average Bonchev–Trinajstić information content (AvgIpc) is 2.90. The Bertz CT molecular complexity index is 583. The highest BCUT2D eigenvalue weighted by Gasteiger charge is 2.08. The predicted molar refractivity (Wildman–Crippen MR) is 65.3 cm³/mol. The van der Waals surface area contributed by atoms with E-state index in [1.54, 1.807) is 6.07 Å². The van der Waals surface area contributed by atoms with Crippen LogP contribution in [0.15, 0.2) is 30.6 Å². The third kappa shape index (κ3) is 3.49. The molecule has 0 bridgehead atoms. The quantitative estimate of drug-likeness (QED) is 0.560. The number of rotatable bonds is 4. The van der Waals surface area contributed by atoms with E-state index in [2.05, 4.69) is 25.8 Å². The zero-order valence-corrected chi connectivity index (χ0v) is 9.66. The Kier molecular flexibility index (Phi) is 3.67. The Morgan fingerprint density at radius 1 is 1.47 bits per heavy atom. The highest BCUT2D eigenvalue weighted by Crippen LogP contribution is 2.16. The van der Waals surface area contributed by atoms with Crippen LogP contribution in [-0.4, -0.2) is 26.1 Å². The normalized spacial score (nSPS) is 9.89. The Balaban J connectivity index is 1.91.